The molecule has 0 spiro atoms. The zero-order valence-corrected chi connectivity index (χ0v) is 12.4. The van der Waals surface area contributed by atoms with Gasteiger partial charge in [-0.2, -0.15) is 15.0 Å². The van der Waals surface area contributed by atoms with Crippen LogP contribution in [0.15, 0.2) is 48.1 Å². The third-order valence-corrected chi connectivity index (χ3v) is 3.94. The van der Waals surface area contributed by atoms with Gasteiger partial charge in [0, 0.05) is 23.2 Å². The third kappa shape index (κ3) is 3.32. The van der Waals surface area contributed by atoms with Crippen molar-refractivity contribution in [2.24, 2.45) is 0 Å². The van der Waals surface area contributed by atoms with Crippen molar-refractivity contribution in [3.05, 3.63) is 53.6 Å². The van der Waals surface area contributed by atoms with Crippen LogP contribution in [0.1, 0.15) is 5.56 Å². The lowest BCUT2D eigenvalue weighted by atomic mass is 10.2. The van der Waals surface area contributed by atoms with E-state index in [1.165, 1.54) is 11.8 Å². The molecule has 6 nitrogen and oxygen atoms in total. The second-order valence-corrected chi connectivity index (χ2v) is 5.48. The van der Waals surface area contributed by atoms with Crippen molar-refractivity contribution in [1.82, 2.24) is 24.5 Å². The molecular weight excluding hydrogens is 308 g/mol. The van der Waals surface area contributed by atoms with E-state index < -0.39 is 0 Å². The van der Waals surface area contributed by atoms with E-state index in [4.69, 9.17) is 17.3 Å². The van der Waals surface area contributed by atoms with Crippen LogP contribution < -0.4 is 5.73 Å². The van der Waals surface area contributed by atoms with Gasteiger partial charge in [0.2, 0.25) is 11.9 Å². The summed E-state index contributed by atoms with van der Waals surface area (Å²) in [6.45, 7) is 0. The summed E-state index contributed by atoms with van der Waals surface area (Å²) < 4.78 is 1.68. The largest absolute Gasteiger partial charge is 0.368 e. The minimum Gasteiger partial charge on any atom is -0.368 e. The Morgan fingerprint density at radius 2 is 2.05 bits per heavy atom. The lowest BCUT2D eigenvalue weighted by Crippen LogP contribution is -2.06. The summed E-state index contributed by atoms with van der Waals surface area (Å²) in [5.41, 5.74) is 6.75. The molecule has 0 aliphatic carbocycles. The lowest BCUT2D eigenvalue weighted by Gasteiger charge is -2.06. The van der Waals surface area contributed by atoms with E-state index in [0.29, 0.717) is 16.9 Å². The molecule has 8 heteroatoms. The molecule has 0 atom stereocenters. The molecular formula is C13H11ClN6S. The lowest BCUT2D eigenvalue weighted by molar-refractivity contribution is 0.832. The van der Waals surface area contributed by atoms with Crippen molar-refractivity contribution < 1.29 is 0 Å². The summed E-state index contributed by atoms with van der Waals surface area (Å²) in [4.78, 5) is 16.5. The van der Waals surface area contributed by atoms with Crippen LogP contribution in [0.4, 0.5) is 5.95 Å². The van der Waals surface area contributed by atoms with E-state index in [-0.39, 0.29) is 5.95 Å². The van der Waals surface area contributed by atoms with Gasteiger partial charge >= 0.3 is 0 Å². The number of halogens is 1. The molecule has 21 heavy (non-hydrogen) atoms. The van der Waals surface area contributed by atoms with Gasteiger partial charge in [0.05, 0.1) is 0 Å². The Morgan fingerprint density at radius 3 is 2.81 bits per heavy atom. The summed E-state index contributed by atoms with van der Waals surface area (Å²) in [7, 11) is 0. The number of nitrogens with zero attached hydrogens (tertiary/aromatic N) is 5. The normalized spacial score (nSPS) is 10.7. The Bertz CT molecular complexity index is 746. The van der Waals surface area contributed by atoms with Crippen molar-refractivity contribution in [3.8, 4) is 5.95 Å². The van der Waals surface area contributed by atoms with Crippen molar-refractivity contribution >= 4 is 29.3 Å². The van der Waals surface area contributed by atoms with E-state index in [0.717, 1.165) is 10.6 Å². The predicted octanol–water partition coefficient (Wildman–Crippen LogP) is 2.59. The SMILES string of the molecule is Nc1nc(SCc2ccccc2Cl)nc(-n2ccnc2)n1. The quantitative estimate of drug-likeness (QED) is 0.744. The van der Waals surface area contributed by atoms with Crippen molar-refractivity contribution in [2.75, 3.05) is 5.73 Å². The molecule has 2 aromatic heterocycles. The highest BCUT2D eigenvalue weighted by atomic mass is 35.5. The average Bonchev–Trinajstić information content (AvgIpc) is 3.00. The van der Waals surface area contributed by atoms with E-state index >= 15 is 0 Å². The van der Waals surface area contributed by atoms with Crippen molar-refractivity contribution in [2.45, 2.75) is 10.9 Å². The number of imidazole rings is 1. The second kappa shape index (κ2) is 6.11. The van der Waals surface area contributed by atoms with Crippen LogP contribution in [0.5, 0.6) is 0 Å². The number of nitrogens with two attached hydrogens (primary N) is 1. The molecule has 0 saturated carbocycles. The highest BCUT2D eigenvalue weighted by Crippen LogP contribution is 2.24. The molecule has 0 aliphatic heterocycles. The van der Waals surface area contributed by atoms with E-state index in [1.807, 2.05) is 24.3 Å². The average molecular weight is 319 g/mol. The maximum absolute atomic E-state index is 6.13. The summed E-state index contributed by atoms with van der Waals surface area (Å²) in [6.07, 6.45) is 5.01. The monoisotopic (exact) mass is 318 g/mol. The van der Waals surface area contributed by atoms with Gasteiger partial charge in [-0.3, -0.25) is 4.57 Å². The Balaban J connectivity index is 1.81. The Hall–Kier alpha value is -2.12. The van der Waals surface area contributed by atoms with Crippen LogP contribution in [-0.4, -0.2) is 24.5 Å². The second-order valence-electron chi connectivity index (χ2n) is 4.13. The molecule has 1 aromatic carbocycles. The smallest absolute Gasteiger partial charge is 0.240 e. The van der Waals surface area contributed by atoms with Gasteiger partial charge in [-0.25, -0.2) is 4.98 Å². The van der Waals surface area contributed by atoms with Gasteiger partial charge in [-0.15, -0.1) is 0 Å². The van der Waals surface area contributed by atoms with Crippen LogP contribution in [0.3, 0.4) is 0 Å². The summed E-state index contributed by atoms with van der Waals surface area (Å²) >= 11 is 7.58. The van der Waals surface area contributed by atoms with Crippen molar-refractivity contribution in [1.29, 1.82) is 0 Å². The highest BCUT2D eigenvalue weighted by molar-refractivity contribution is 7.98. The van der Waals surface area contributed by atoms with Crippen LogP contribution >= 0.6 is 23.4 Å². The Kier molecular flexibility index (Phi) is 4.03. The first-order valence-corrected chi connectivity index (χ1v) is 7.45. The number of rotatable bonds is 4. The summed E-state index contributed by atoms with van der Waals surface area (Å²) in [6, 6.07) is 7.67. The summed E-state index contributed by atoms with van der Waals surface area (Å²) in [5.74, 6) is 1.28. The molecule has 0 aliphatic rings. The van der Waals surface area contributed by atoms with Gasteiger partial charge in [0.25, 0.3) is 0 Å². The van der Waals surface area contributed by atoms with Gasteiger partial charge in [0.15, 0.2) is 5.16 Å². The number of thioether (sulfide) groups is 1. The number of benzene rings is 1. The molecule has 0 saturated heterocycles. The maximum atomic E-state index is 6.13. The van der Waals surface area contributed by atoms with Crippen LogP contribution in [-0.2, 0) is 5.75 Å². The molecule has 2 heterocycles. The van der Waals surface area contributed by atoms with Gasteiger partial charge in [0.1, 0.15) is 6.33 Å². The molecule has 3 aromatic rings. The minimum absolute atomic E-state index is 0.176. The van der Waals surface area contributed by atoms with E-state index in [2.05, 4.69) is 19.9 Å². The number of aromatic nitrogens is 5. The number of hydrogen-bond donors (Lipinski definition) is 1. The first kappa shape index (κ1) is 13.8. The molecule has 0 amide bonds. The first-order valence-electron chi connectivity index (χ1n) is 6.08. The third-order valence-electron chi connectivity index (χ3n) is 2.67. The molecule has 0 unspecified atom stereocenters. The Morgan fingerprint density at radius 1 is 1.19 bits per heavy atom. The maximum Gasteiger partial charge on any atom is 0.240 e. The number of hydrogen-bond acceptors (Lipinski definition) is 6. The van der Waals surface area contributed by atoms with Gasteiger partial charge in [-0.05, 0) is 11.6 Å². The Labute approximate surface area is 130 Å². The molecule has 2 N–H and O–H groups in total. The minimum atomic E-state index is 0.176. The highest BCUT2D eigenvalue weighted by Gasteiger charge is 2.08. The van der Waals surface area contributed by atoms with Crippen LogP contribution in [0.2, 0.25) is 5.02 Å². The van der Waals surface area contributed by atoms with Crippen LogP contribution in [0.25, 0.3) is 5.95 Å². The fourth-order valence-corrected chi connectivity index (χ4v) is 2.80. The molecule has 3 rings (SSSR count). The summed E-state index contributed by atoms with van der Waals surface area (Å²) in [5, 5.41) is 1.27. The van der Waals surface area contributed by atoms with Gasteiger partial charge in [-0.1, -0.05) is 41.6 Å². The molecule has 0 bridgehead atoms. The zero-order chi connectivity index (χ0) is 14.7. The van der Waals surface area contributed by atoms with E-state index in [9.17, 15) is 0 Å². The standard InChI is InChI=1S/C13H11ClN6S/c14-10-4-2-1-3-9(10)7-21-13-18-11(15)17-12(19-13)20-6-5-16-8-20/h1-6,8H,7H2,(H2,15,17,18,19). The molecule has 0 fully saturated rings. The fourth-order valence-electron chi connectivity index (χ4n) is 1.68. The topological polar surface area (TPSA) is 82.5 Å². The van der Waals surface area contributed by atoms with E-state index in [1.54, 1.807) is 23.3 Å². The molecule has 0 radical (unpaired) electrons. The van der Waals surface area contributed by atoms with Crippen molar-refractivity contribution in [3.63, 3.8) is 0 Å². The first-order chi connectivity index (χ1) is 10.2. The van der Waals surface area contributed by atoms with Crippen LogP contribution in [0, 0.1) is 0 Å². The zero-order valence-electron chi connectivity index (χ0n) is 10.8. The molecule has 106 valence electrons. The number of anilines is 1. The fraction of sp³-hybridized carbons (Fsp3) is 0.0769. The number of nitrogen functional groups attached to an aromatic ring is 1. The van der Waals surface area contributed by atoms with Gasteiger partial charge < -0.3 is 5.73 Å². The predicted molar refractivity (Wildman–Crippen MR) is 82.4 cm³/mol.